The summed E-state index contributed by atoms with van der Waals surface area (Å²) < 4.78 is 5.19. The van der Waals surface area contributed by atoms with Gasteiger partial charge in [-0.15, -0.1) is 6.58 Å². The first-order valence-corrected chi connectivity index (χ1v) is 4.72. The molecule has 0 aliphatic carbocycles. The summed E-state index contributed by atoms with van der Waals surface area (Å²) in [5.74, 6) is 2.11. The van der Waals surface area contributed by atoms with Gasteiger partial charge in [0.2, 0.25) is 0 Å². The summed E-state index contributed by atoms with van der Waals surface area (Å²) in [5.41, 5.74) is 0. The van der Waals surface area contributed by atoms with Crippen molar-refractivity contribution in [1.82, 2.24) is 0 Å². The average molecular weight is 160 g/mol. The molecule has 0 N–H and O–H groups in total. The molecule has 0 aromatic carbocycles. The minimum atomic E-state index is 0.421. The molecule has 0 aromatic rings. The minimum absolute atomic E-state index is 0.421. The Balaban J connectivity index is 3.16. The van der Waals surface area contributed by atoms with E-state index in [0.29, 0.717) is 6.10 Å². The summed E-state index contributed by atoms with van der Waals surface area (Å²) in [6.45, 7) is 5.79. The number of ether oxygens (including phenoxy) is 1. The van der Waals surface area contributed by atoms with E-state index in [9.17, 15) is 0 Å². The van der Waals surface area contributed by atoms with Gasteiger partial charge in [0.05, 0.1) is 6.10 Å². The predicted octanol–water partition coefficient (Wildman–Crippen LogP) is 2.33. The number of methoxy groups -OCH3 is 1. The molecular weight excluding hydrogens is 144 g/mol. The molecule has 0 fully saturated rings. The highest BCUT2D eigenvalue weighted by atomic mass is 32.2. The van der Waals surface area contributed by atoms with Gasteiger partial charge in [-0.05, 0) is 6.42 Å². The van der Waals surface area contributed by atoms with Crippen molar-refractivity contribution in [2.75, 3.05) is 18.6 Å². The van der Waals surface area contributed by atoms with Crippen molar-refractivity contribution >= 4 is 11.8 Å². The second kappa shape index (κ2) is 7.16. The van der Waals surface area contributed by atoms with E-state index in [4.69, 9.17) is 4.74 Å². The lowest BCUT2D eigenvalue weighted by molar-refractivity contribution is 0.119. The lowest BCUT2D eigenvalue weighted by Gasteiger charge is -2.10. The SMILES string of the molecule is C=CCSCC(CC)OC. The standard InChI is InChI=1S/C8H16OS/c1-4-6-10-7-8(5-2)9-3/h4,8H,1,5-7H2,2-3H3. The molecule has 10 heavy (non-hydrogen) atoms. The first-order chi connectivity index (χ1) is 4.85. The fourth-order valence-electron chi connectivity index (χ4n) is 0.635. The minimum Gasteiger partial charge on any atom is -0.381 e. The summed E-state index contributed by atoms with van der Waals surface area (Å²) in [7, 11) is 1.77. The van der Waals surface area contributed by atoms with Crippen LogP contribution in [0.2, 0.25) is 0 Å². The number of hydrogen-bond acceptors (Lipinski definition) is 2. The van der Waals surface area contributed by atoms with Crippen molar-refractivity contribution < 1.29 is 4.74 Å². The van der Waals surface area contributed by atoms with Crippen LogP contribution in [0.15, 0.2) is 12.7 Å². The van der Waals surface area contributed by atoms with E-state index in [2.05, 4.69) is 13.5 Å². The second-order valence-corrected chi connectivity index (χ2v) is 3.17. The number of thioether (sulfide) groups is 1. The van der Waals surface area contributed by atoms with Gasteiger partial charge in [0.15, 0.2) is 0 Å². The van der Waals surface area contributed by atoms with Crippen molar-refractivity contribution in [2.24, 2.45) is 0 Å². The zero-order valence-electron chi connectivity index (χ0n) is 6.80. The molecule has 1 nitrogen and oxygen atoms in total. The molecule has 1 unspecified atom stereocenters. The van der Waals surface area contributed by atoms with E-state index in [-0.39, 0.29) is 0 Å². The van der Waals surface area contributed by atoms with Crippen LogP contribution in [0.4, 0.5) is 0 Å². The van der Waals surface area contributed by atoms with Gasteiger partial charge in [-0.3, -0.25) is 0 Å². The highest BCUT2D eigenvalue weighted by molar-refractivity contribution is 7.99. The van der Waals surface area contributed by atoms with Crippen LogP contribution in [0.1, 0.15) is 13.3 Å². The summed E-state index contributed by atoms with van der Waals surface area (Å²) in [5, 5.41) is 0. The molecule has 0 aliphatic rings. The monoisotopic (exact) mass is 160 g/mol. The largest absolute Gasteiger partial charge is 0.381 e. The van der Waals surface area contributed by atoms with E-state index < -0.39 is 0 Å². The van der Waals surface area contributed by atoms with E-state index in [0.717, 1.165) is 17.9 Å². The first kappa shape index (κ1) is 10.0. The molecular formula is C8H16OS. The molecule has 0 aromatic heterocycles. The van der Waals surface area contributed by atoms with Crippen molar-refractivity contribution in [2.45, 2.75) is 19.4 Å². The Kier molecular flexibility index (Phi) is 7.20. The lowest BCUT2D eigenvalue weighted by Crippen LogP contribution is -2.11. The van der Waals surface area contributed by atoms with Crippen LogP contribution in [0.25, 0.3) is 0 Å². The van der Waals surface area contributed by atoms with E-state index in [1.807, 2.05) is 17.8 Å². The topological polar surface area (TPSA) is 9.23 Å². The molecule has 0 radical (unpaired) electrons. The molecule has 0 spiro atoms. The fraction of sp³-hybridized carbons (Fsp3) is 0.750. The van der Waals surface area contributed by atoms with Gasteiger partial charge in [0.1, 0.15) is 0 Å². The Morgan fingerprint density at radius 1 is 1.70 bits per heavy atom. The third kappa shape index (κ3) is 4.89. The summed E-state index contributed by atoms with van der Waals surface area (Å²) >= 11 is 1.87. The second-order valence-electron chi connectivity index (χ2n) is 2.09. The Bertz CT molecular complexity index is 79.3. The van der Waals surface area contributed by atoms with Crippen molar-refractivity contribution in [1.29, 1.82) is 0 Å². The van der Waals surface area contributed by atoms with E-state index >= 15 is 0 Å². The van der Waals surface area contributed by atoms with Gasteiger partial charge in [0, 0.05) is 18.6 Å². The molecule has 0 amide bonds. The molecule has 60 valence electrons. The fourth-order valence-corrected chi connectivity index (χ4v) is 1.57. The van der Waals surface area contributed by atoms with Crippen LogP contribution in [-0.4, -0.2) is 24.7 Å². The lowest BCUT2D eigenvalue weighted by atomic mass is 10.3. The molecule has 0 bridgehead atoms. The molecule has 0 aliphatic heterocycles. The third-order valence-electron chi connectivity index (χ3n) is 1.33. The maximum absolute atomic E-state index is 5.19. The van der Waals surface area contributed by atoms with Crippen molar-refractivity contribution in [3.05, 3.63) is 12.7 Å². The maximum Gasteiger partial charge on any atom is 0.0659 e. The Morgan fingerprint density at radius 3 is 2.80 bits per heavy atom. The Hall–Kier alpha value is 0.0500. The Morgan fingerprint density at radius 2 is 2.40 bits per heavy atom. The smallest absolute Gasteiger partial charge is 0.0659 e. The van der Waals surface area contributed by atoms with Crippen LogP contribution < -0.4 is 0 Å². The quantitative estimate of drug-likeness (QED) is 0.435. The van der Waals surface area contributed by atoms with Crippen molar-refractivity contribution in [3.8, 4) is 0 Å². The molecule has 0 saturated carbocycles. The van der Waals surface area contributed by atoms with Gasteiger partial charge in [-0.1, -0.05) is 13.0 Å². The average Bonchev–Trinajstić information content (AvgIpc) is 1.99. The van der Waals surface area contributed by atoms with Crippen LogP contribution in [0.5, 0.6) is 0 Å². The highest BCUT2D eigenvalue weighted by Crippen LogP contribution is 2.07. The Labute approximate surface area is 67.8 Å². The van der Waals surface area contributed by atoms with Crippen LogP contribution >= 0.6 is 11.8 Å². The van der Waals surface area contributed by atoms with Crippen LogP contribution in [-0.2, 0) is 4.74 Å². The molecule has 0 rings (SSSR count). The first-order valence-electron chi connectivity index (χ1n) is 3.56. The zero-order valence-corrected chi connectivity index (χ0v) is 7.62. The summed E-state index contributed by atoms with van der Waals surface area (Å²) in [6.07, 6.45) is 3.44. The van der Waals surface area contributed by atoms with E-state index in [1.165, 1.54) is 0 Å². The van der Waals surface area contributed by atoms with Crippen molar-refractivity contribution in [3.63, 3.8) is 0 Å². The maximum atomic E-state index is 5.19. The third-order valence-corrected chi connectivity index (χ3v) is 2.41. The van der Waals surface area contributed by atoms with Gasteiger partial charge < -0.3 is 4.74 Å². The van der Waals surface area contributed by atoms with Crippen LogP contribution in [0, 0.1) is 0 Å². The van der Waals surface area contributed by atoms with E-state index in [1.54, 1.807) is 7.11 Å². The number of hydrogen-bond donors (Lipinski definition) is 0. The normalized spacial score (nSPS) is 13.0. The molecule has 2 heteroatoms. The molecule has 0 saturated heterocycles. The number of rotatable bonds is 6. The van der Waals surface area contributed by atoms with Gasteiger partial charge >= 0.3 is 0 Å². The summed E-state index contributed by atoms with van der Waals surface area (Å²) in [4.78, 5) is 0. The van der Waals surface area contributed by atoms with Crippen LogP contribution in [0.3, 0.4) is 0 Å². The molecule has 0 heterocycles. The predicted molar refractivity (Wildman–Crippen MR) is 48.6 cm³/mol. The van der Waals surface area contributed by atoms with Gasteiger partial charge in [0.25, 0.3) is 0 Å². The molecule has 1 atom stereocenters. The van der Waals surface area contributed by atoms with Gasteiger partial charge in [-0.25, -0.2) is 0 Å². The zero-order chi connectivity index (χ0) is 7.82. The highest BCUT2D eigenvalue weighted by Gasteiger charge is 2.01. The van der Waals surface area contributed by atoms with Gasteiger partial charge in [-0.2, -0.15) is 11.8 Å². The summed E-state index contributed by atoms with van der Waals surface area (Å²) in [6, 6.07) is 0.